The fourth-order valence-corrected chi connectivity index (χ4v) is 0.946. The van der Waals surface area contributed by atoms with Crippen LogP contribution >= 0.6 is 0 Å². The summed E-state index contributed by atoms with van der Waals surface area (Å²) in [7, 11) is 1.72. The second-order valence-electron chi connectivity index (χ2n) is 2.34. The lowest BCUT2D eigenvalue weighted by atomic mass is 10.2. The van der Waals surface area contributed by atoms with Crippen molar-refractivity contribution in [2.24, 2.45) is 4.99 Å². The molecule has 1 heterocycles. The van der Waals surface area contributed by atoms with Crippen molar-refractivity contribution in [2.45, 2.75) is 6.92 Å². The van der Waals surface area contributed by atoms with Gasteiger partial charge in [-0.15, -0.1) is 0 Å². The zero-order valence-electron chi connectivity index (χ0n) is 7.23. The summed E-state index contributed by atoms with van der Waals surface area (Å²) in [5.41, 5.74) is 1.77. The van der Waals surface area contributed by atoms with Crippen molar-refractivity contribution >= 4 is 12.3 Å². The molecular formula is C8H12N4. The highest BCUT2D eigenvalue weighted by Gasteiger charge is 2.00. The SMILES string of the molecule is C/C=C\c1nn(N)cc1/C=N\C. The molecule has 0 unspecified atom stereocenters. The first-order valence-electron chi connectivity index (χ1n) is 3.67. The quantitative estimate of drug-likeness (QED) is 0.516. The first kappa shape index (κ1) is 8.52. The van der Waals surface area contributed by atoms with Crippen LogP contribution in [0, 0.1) is 0 Å². The Labute approximate surface area is 71.4 Å². The molecule has 0 fully saturated rings. The minimum Gasteiger partial charge on any atom is -0.323 e. The zero-order chi connectivity index (χ0) is 8.97. The Morgan fingerprint density at radius 1 is 1.67 bits per heavy atom. The molecule has 4 nitrogen and oxygen atoms in total. The highest BCUT2D eigenvalue weighted by Crippen LogP contribution is 2.04. The molecule has 0 spiro atoms. The Bertz CT molecular complexity index is 279. The summed E-state index contributed by atoms with van der Waals surface area (Å²) in [6, 6.07) is 0. The molecule has 0 saturated carbocycles. The van der Waals surface area contributed by atoms with Crippen LogP contribution in [0.1, 0.15) is 18.2 Å². The summed E-state index contributed by atoms with van der Waals surface area (Å²) in [5, 5.41) is 4.04. The van der Waals surface area contributed by atoms with Crippen molar-refractivity contribution < 1.29 is 0 Å². The number of aromatic nitrogens is 2. The van der Waals surface area contributed by atoms with Crippen molar-refractivity contribution in [1.29, 1.82) is 0 Å². The second kappa shape index (κ2) is 3.71. The average Bonchev–Trinajstić information content (AvgIpc) is 2.33. The van der Waals surface area contributed by atoms with Gasteiger partial charge in [-0.05, 0) is 13.0 Å². The maximum atomic E-state index is 5.45. The summed E-state index contributed by atoms with van der Waals surface area (Å²) in [6.07, 6.45) is 7.25. The molecule has 0 atom stereocenters. The molecule has 2 N–H and O–H groups in total. The van der Waals surface area contributed by atoms with Gasteiger partial charge in [-0.1, -0.05) is 6.08 Å². The van der Waals surface area contributed by atoms with Crippen LogP contribution in [0.4, 0.5) is 0 Å². The fraction of sp³-hybridized carbons (Fsp3) is 0.250. The van der Waals surface area contributed by atoms with Crippen molar-refractivity contribution in [3.8, 4) is 0 Å². The number of hydrogen-bond donors (Lipinski definition) is 1. The van der Waals surface area contributed by atoms with E-state index in [-0.39, 0.29) is 0 Å². The molecule has 64 valence electrons. The lowest BCUT2D eigenvalue weighted by molar-refractivity contribution is 0.828. The number of nitrogen functional groups attached to an aromatic ring is 1. The van der Waals surface area contributed by atoms with Crippen molar-refractivity contribution in [3.63, 3.8) is 0 Å². The molecule has 0 aliphatic carbocycles. The lowest BCUT2D eigenvalue weighted by Gasteiger charge is -1.85. The molecule has 0 amide bonds. The molecule has 4 heteroatoms. The van der Waals surface area contributed by atoms with E-state index >= 15 is 0 Å². The Hall–Kier alpha value is -1.58. The molecule has 0 radical (unpaired) electrons. The molecule has 12 heavy (non-hydrogen) atoms. The summed E-state index contributed by atoms with van der Waals surface area (Å²) in [5.74, 6) is 5.45. The van der Waals surface area contributed by atoms with E-state index < -0.39 is 0 Å². The van der Waals surface area contributed by atoms with Gasteiger partial charge in [0.05, 0.1) is 11.9 Å². The predicted molar refractivity (Wildman–Crippen MR) is 50.6 cm³/mol. The van der Waals surface area contributed by atoms with E-state index in [0.29, 0.717) is 0 Å². The van der Waals surface area contributed by atoms with E-state index in [2.05, 4.69) is 10.1 Å². The summed E-state index contributed by atoms with van der Waals surface area (Å²) >= 11 is 0. The molecule has 0 aromatic carbocycles. The van der Waals surface area contributed by atoms with Gasteiger partial charge in [-0.2, -0.15) is 9.89 Å². The standard InChI is InChI=1S/C8H12N4/c1-3-4-8-7(5-10-2)6-12(9)11-8/h3-6H,9H2,1-2H3/b4-3-,10-5-. The normalized spacial score (nSPS) is 11.8. The minimum atomic E-state index is 0.839. The molecule has 1 rings (SSSR count). The minimum absolute atomic E-state index is 0.839. The van der Waals surface area contributed by atoms with Crippen LogP contribution in [0.2, 0.25) is 0 Å². The Kier molecular flexibility index (Phi) is 2.63. The average molecular weight is 164 g/mol. The van der Waals surface area contributed by atoms with Crippen LogP contribution in [-0.2, 0) is 0 Å². The first-order chi connectivity index (χ1) is 5.77. The number of rotatable bonds is 2. The van der Waals surface area contributed by atoms with Crippen LogP contribution in [0.5, 0.6) is 0 Å². The van der Waals surface area contributed by atoms with Crippen LogP contribution in [0.3, 0.4) is 0 Å². The zero-order valence-corrected chi connectivity index (χ0v) is 7.23. The molecular weight excluding hydrogens is 152 g/mol. The molecule has 0 aliphatic rings. The van der Waals surface area contributed by atoms with E-state index in [1.165, 1.54) is 4.79 Å². The van der Waals surface area contributed by atoms with E-state index in [1.807, 2.05) is 19.1 Å². The Morgan fingerprint density at radius 2 is 2.42 bits per heavy atom. The third kappa shape index (κ3) is 1.72. The van der Waals surface area contributed by atoms with Gasteiger partial charge < -0.3 is 5.84 Å². The molecule has 0 bridgehead atoms. The third-order valence-electron chi connectivity index (χ3n) is 1.38. The van der Waals surface area contributed by atoms with E-state index in [1.54, 1.807) is 19.5 Å². The molecule has 1 aromatic heterocycles. The van der Waals surface area contributed by atoms with Gasteiger partial charge in [0, 0.05) is 18.8 Å². The van der Waals surface area contributed by atoms with Crippen LogP contribution in [0.25, 0.3) is 6.08 Å². The lowest BCUT2D eigenvalue weighted by Crippen LogP contribution is -2.07. The number of aliphatic imine (C=N–C) groups is 1. The van der Waals surface area contributed by atoms with Crippen LogP contribution < -0.4 is 5.84 Å². The summed E-state index contributed by atoms with van der Waals surface area (Å²) < 4.78 is 0. The summed E-state index contributed by atoms with van der Waals surface area (Å²) in [6.45, 7) is 1.93. The number of nitrogens with two attached hydrogens (primary N) is 1. The van der Waals surface area contributed by atoms with Gasteiger partial charge in [0.15, 0.2) is 0 Å². The van der Waals surface area contributed by atoms with Crippen LogP contribution in [-0.4, -0.2) is 23.2 Å². The highest BCUT2D eigenvalue weighted by molar-refractivity contribution is 5.83. The number of hydrogen-bond acceptors (Lipinski definition) is 3. The first-order valence-corrected chi connectivity index (χ1v) is 3.67. The number of allylic oxidation sites excluding steroid dienone is 1. The predicted octanol–water partition coefficient (Wildman–Crippen LogP) is 0.679. The second-order valence-corrected chi connectivity index (χ2v) is 2.34. The molecule has 1 aromatic rings. The highest BCUT2D eigenvalue weighted by atomic mass is 15.5. The Balaban J connectivity index is 3.07. The monoisotopic (exact) mass is 164 g/mol. The smallest absolute Gasteiger partial charge is 0.0956 e. The van der Waals surface area contributed by atoms with E-state index in [9.17, 15) is 0 Å². The van der Waals surface area contributed by atoms with Gasteiger partial charge in [0.1, 0.15) is 0 Å². The van der Waals surface area contributed by atoms with Gasteiger partial charge in [0.2, 0.25) is 0 Å². The van der Waals surface area contributed by atoms with Gasteiger partial charge >= 0.3 is 0 Å². The van der Waals surface area contributed by atoms with E-state index in [4.69, 9.17) is 5.84 Å². The van der Waals surface area contributed by atoms with E-state index in [0.717, 1.165) is 11.3 Å². The largest absolute Gasteiger partial charge is 0.323 e. The fourth-order valence-electron chi connectivity index (χ4n) is 0.946. The van der Waals surface area contributed by atoms with Crippen LogP contribution in [0.15, 0.2) is 17.3 Å². The number of nitrogens with zero attached hydrogens (tertiary/aromatic N) is 3. The molecule has 0 aliphatic heterocycles. The molecule has 0 saturated heterocycles. The topological polar surface area (TPSA) is 56.2 Å². The maximum Gasteiger partial charge on any atom is 0.0956 e. The van der Waals surface area contributed by atoms with Crippen molar-refractivity contribution in [2.75, 3.05) is 12.9 Å². The third-order valence-corrected chi connectivity index (χ3v) is 1.38. The summed E-state index contributed by atoms with van der Waals surface area (Å²) in [4.78, 5) is 5.18. The Morgan fingerprint density at radius 3 is 3.00 bits per heavy atom. The van der Waals surface area contributed by atoms with Gasteiger partial charge in [0.25, 0.3) is 0 Å². The maximum absolute atomic E-state index is 5.45. The van der Waals surface area contributed by atoms with Gasteiger partial charge in [-0.3, -0.25) is 4.99 Å². The van der Waals surface area contributed by atoms with Crippen molar-refractivity contribution in [1.82, 2.24) is 9.89 Å². The van der Waals surface area contributed by atoms with Crippen molar-refractivity contribution in [3.05, 3.63) is 23.5 Å². The van der Waals surface area contributed by atoms with Gasteiger partial charge in [-0.25, -0.2) is 0 Å².